The van der Waals surface area contributed by atoms with Crippen LogP contribution in [0.5, 0.6) is 0 Å². The number of pyridine rings is 1. The zero-order chi connectivity index (χ0) is 19.2. The number of aromatic nitrogens is 4. The molecule has 27 heavy (non-hydrogen) atoms. The first-order chi connectivity index (χ1) is 13.1. The van der Waals surface area contributed by atoms with Crippen molar-refractivity contribution in [1.29, 1.82) is 0 Å². The summed E-state index contributed by atoms with van der Waals surface area (Å²) in [5.74, 6) is 0.696. The Labute approximate surface area is 167 Å². The van der Waals surface area contributed by atoms with Gasteiger partial charge in [0.2, 0.25) is 5.91 Å². The van der Waals surface area contributed by atoms with Gasteiger partial charge in [0, 0.05) is 36.1 Å². The number of hydrogen-bond donors (Lipinski definition) is 1. The second-order valence-electron chi connectivity index (χ2n) is 5.86. The molecule has 0 unspecified atom stereocenters. The van der Waals surface area contributed by atoms with Crippen molar-refractivity contribution >= 4 is 29.3 Å². The maximum atomic E-state index is 12.5. The number of benzene rings is 1. The minimum atomic E-state index is -0.313. The molecule has 1 amide bonds. The van der Waals surface area contributed by atoms with E-state index in [-0.39, 0.29) is 11.2 Å². The molecule has 0 radical (unpaired) electrons. The molecule has 0 aliphatic rings. The fourth-order valence-corrected chi connectivity index (χ4v) is 3.69. The minimum absolute atomic E-state index is 0.0731. The van der Waals surface area contributed by atoms with Gasteiger partial charge in [-0.1, -0.05) is 41.6 Å². The average molecular weight is 402 g/mol. The average Bonchev–Trinajstić information content (AvgIpc) is 3.10. The van der Waals surface area contributed by atoms with E-state index in [1.54, 1.807) is 12.4 Å². The summed E-state index contributed by atoms with van der Waals surface area (Å²) in [6.45, 7) is 4.99. The van der Waals surface area contributed by atoms with Gasteiger partial charge in [0.25, 0.3) is 0 Å². The molecule has 3 rings (SSSR count). The fraction of sp³-hybridized carbons (Fsp3) is 0.263. The quantitative estimate of drug-likeness (QED) is 0.609. The van der Waals surface area contributed by atoms with E-state index < -0.39 is 0 Å². The van der Waals surface area contributed by atoms with E-state index in [0.717, 1.165) is 17.0 Å². The summed E-state index contributed by atoms with van der Waals surface area (Å²) in [7, 11) is 0. The summed E-state index contributed by atoms with van der Waals surface area (Å²) in [6, 6.07) is 11.3. The number of halogens is 1. The van der Waals surface area contributed by atoms with Crippen LogP contribution in [0.3, 0.4) is 0 Å². The van der Waals surface area contributed by atoms with Crippen molar-refractivity contribution in [1.82, 2.24) is 25.1 Å². The molecule has 2 aromatic heterocycles. The molecule has 1 atom stereocenters. The first kappa shape index (κ1) is 19.4. The molecule has 0 aliphatic heterocycles. The lowest BCUT2D eigenvalue weighted by Crippen LogP contribution is -2.30. The van der Waals surface area contributed by atoms with Crippen LogP contribution < -0.4 is 5.32 Å². The largest absolute Gasteiger partial charge is 0.351 e. The van der Waals surface area contributed by atoms with E-state index in [1.807, 2.05) is 54.8 Å². The van der Waals surface area contributed by atoms with E-state index in [0.29, 0.717) is 23.3 Å². The predicted molar refractivity (Wildman–Crippen MR) is 108 cm³/mol. The third-order valence-corrected chi connectivity index (χ3v) is 5.48. The van der Waals surface area contributed by atoms with Crippen LogP contribution in [0.15, 0.2) is 53.9 Å². The Hall–Kier alpha value is -2.38. The van der Waals surface area contributed by atoms with Crippen LogP contribution in [0.25, 0.3) is 11.4 Å². The van der Waals surface area contributed by atoms with Crippen LogP contribution in [-0.4, -0.2) is 30.9 Å². The monoisotopic (exact) mass is 401 g/mol. The Morgan fingerprint density at radius 3 is 2.67 bits per heavy atom. The van der Waals surface area contributed by atoms with Crippen molar-refractivity contribution < 1.29 is 4.79 Å². The molecule has 8 heteroatoms. The zero-order valence-corrected chi connectivity index (χ0v) is 16.7. The van der Waals surface area contributed by atoms with E-state index in [9.17, 15) is 4.79 Å². The Balaban J connectivity index is 1.67. The van der Waals surface area contributed by atoms with Gasteiger partial charge in [-0.15, -0.1) is 10.2 Å². The second-order valence-corrected chi connectivity index (χ2v) is 7.57. The smallest absolute Gasteiger partial charge is 0.233 e. The molecule has 0 fully saturated rings. The van der Waals surface area contributed by atoms with Crippen molar-refractivity contribution in [2.75, 3.05) is 0 Å². The standard InChI is InChI=1S/C19H20ClN5OS/c1-3-25-17(14-8-10-21-11-9-14)23-24-19(25)27-13(2)18(26)22-12-15-6-4-5-7-16(15)20/h4-11,13H,3,12H2,1-2H3,(H,22,26)/t13-/m0/s1. The molecule has 1 aromatic carbocycles. The fourth-order valence-electron chi connectivity index (χ4n) is 2.55. The number of amides is 1. The Morgan fingerprint density at radius 2 is 1.96 bits per heavy atom. The summed E-state index contributed by atoms with van der Waals surface area (Å²) < 4.78 is 2.00. The Kier molecular flexibility index (Phi) is 6.47. The highest BCUT2D eigenvalue weighted by Crippen LogP contribution is 2.26. The number of carbonyl (C=O) groups is 1. The number of carbonyl (C=O) groups excluding carboxylic acids is 1. The van der Waals surface area contributed by atoms with Crippen LogP contribution in [0.4, 0.5) is 0 Å². The maximum absolute atomic E-state index is 12.5. The number of thioether (sulfide) groups is 1. The highest BCUT2D eigenvalue weighted by atomic mass is 35.5. The summed E-state index contributed by atoms with van der Waals surface area (Å²) >= 11 is 7.52. The van der Waals surface area contributed by atoms with Crippen LogP contribution >= 0.6 is 23.4 Å². The van der Waals surface area contributed by atoms with Gasteiger partial charge >= 0.3 is 0 Å². The summed E-state index contributed by atoms with van der Waals surface area (Å²) in [6.07, 6.45) is 3.45. The van der Waals surface area contributed by atoms with Gasteiger partial charge in [0.1, 0.15) is 0 Å². The topological polar surface area (TPSA) is 72.7 Å². The Bertz CT molecular complexity index is 915. The summed E-state index contributed by atoms with van der Waals surface area (Å²) in [4.78, 5) is 16.5. The predicted octanol–water partition coefficient (Wildman–Crippen LogP) is 3.81. The normalized spacial score (nSPS) is 12.0. The van der Waals surface area contributed by atoms with E-state index in [2.05, 4.69) is 20.5 Å². The molecule has 6 nitrogen and oxygen atoms in total. The summed E-state index contributed by atoms with van der Waals surface area (Å²) in [5, 5.41) is 12.5. The molecule has 2 heterocycles. The van der Waals surface area contributed by atoms with Crippen LogP contribution in [0.1, 0.15) is 19.4 Å². The first-order valence-corrected chi connectivity index (χ1v) is 9.87. The number of nitrogens with one attached hydrogen (secondary N) is 1. The van der Waals surface area contributed by atoms with Gasteiger partial charge in [-0.3, -0.25) is 9.78 Å². The molecule has 1 N–H and O–H groups in total. The van der Waals surface area contributed by atoms with Gasteiger partial charge in [-0.2, -0.15) is 0 Å². The van der Waals surface area contributed by atoms with Crippen molar-refractivity contribution in [2.24, 2.45) is 0 Å². The molecule has 140 valence electrons. The number of rotatable bonds is 7. The van der Waals surface area contributed by atoms with Gasteiger partial charge in [0.15, 0.2) is 11.0 Å². The first-order valence-electron chi connectivity index (χ1n) is 8.61. The zero-order valence-electron chi connectivity index (χ0n) is 15.1. The second kappa shape index (κ2) is 9.01. The minimum Gasteiger partial charge on any atom is -0.351 e. The lowest BCUT2D eigenvalue weighted by molar-refractivity contribution is -0.120. The summed E-state index contributed by atoms with van der Waals surface area (Å²) in [5.41, 5.74) is 1.84. The highest BCUT2D eigenvalue weighted by molar-refractivity contribution is 8.00. The maximum Gasteiger partial charge on any atom is 0.233 e. The number of hydrogen-bond acceptors (Lipinski definition) is 5. The molecule has 3 aromatic rings. The number of nitrogens with zero attached hydrogens (tertiary/aromatic N) is 4. The van der Waals surface area contributed by atoms with Crippen molar-refractivity contribution in [3.05, 3.63) is 59.4 Å². The molecule has 0 spiro atoms. The van der Waals surface area contributed by atoms with Crippen LogP contribution in [0.2, 0.25) is 5.02 Å². The van der Waals surface area contributed by atoms with Gasteiger partial charge in [-0.25, -0.2) is 0 Å². The highest BCUT2D eigenvalue weighted by Gasteiger charge is 2.20. The van der Waals surface area contributed by atoms with Crippen molar-refractivity contribution in [3.63, 3.8) is 0 Å². The lowest BCUT2D eigenvalue weighted by Gasteiger charge is -2.13. The lowest BCUT2D eigenvalue weighted by atomic mass is 10.2. The van der Waals surface area contributed by atoms with Crippen LogP contribution in [-0.2, 0) is 17.9 Å². The van der Waals surface area contributed by atoms with E-state index in [4.69, 9.17) is 11.6 Å². The van der Waals surface area contributed by atoms with E-state index >= 15 is 0 Å². The van der Waals surface area contributed by atoms with Crippen LogP contribution in [0, 0.1) is 0 Å². The van der Waals surface area contributed by atoms with Crippen molar-refractivity contribution in [2.45, 2.75) is 37.3 Å². The van der Waals surface area contributed by atoms with Gasteiger partial charge < -0.3 is 9.88 Å². The molecular weight excluding hydrogens is 382 g/mol. The Morgan fingerprint density at radius 1 is 1.22 bits per heavy atom. The molecule has 0 saturated carbocycles. The van der Waals surface area contributed by atoms with Crippen molar-refractivity contribution in [3.8, 4) is 11.4 Å². The molecule has 0 aliphatic carbocycles. The van der Waals surface area contributed by atoms with Gasteiger partial charge in [0.05, 0.1) is 5.25 Å². The van der Waals surface area contributed by atoms with E-state index in [1.165, 1.54) is 11.8 Å². The third-order valence-electron chi connectivity index (χ3n) is 4.03. The molecule has 0 bridgehead atoms. The third kappa shape index (κ3) is 4.67. The van der Waals surface area contributed by atoms with Gasteiger partial charge in [-0.05, 0) is 37.6 Å². The molecular formula is C19H20ClN5OS. The molecule has 0 saturated heterocycles. The SMILES string of the molecule is CCn1c(S[C@@H](C)C(=O)NCc2ccccc2Cl)nnc1-c1ccncc1.